The molecule has 0 atom stereocenters. The monoisotopic (exact) mass is 422 g/mol. The minimum atomic E-state index is -0.331. The van der Waals surface area contributed by atoms with Crippen molar-refractivity contribution in [3.63, 3.8) is 0 Å². The maximum Gasteiger partial charge on any atom is 0.255 e. The SMILES string of the molecule is COc1ccc(F)cc1-c1ccc(CN2CCc3nc(C(C)(C)C)[nH]c(=O)c3C2)cn1. The van der Waals surface area contributed by atoms with E-state index in [0.717, 1.165) is 35.6 Å². The fourth-order valence-electron chi connectivity index (χ4n) is 3.79. The predicted molar refractivity (Wildman–Crippen MR) is 118 cm³/mol. The number of H-pyrrole nitrogens is 1. The average Bonchev–Trinajstić information content (AvgIpc) is 2.74. The lowest BCUT2D eigenvalue weighted by Gasteiger charge is -2.29. The van der Waals surface area contributed by atoms with Crippen LogP contribution in [0.1, 0.15) is 43.4 Å². The first kappa shape index (κ1) is 21.2. The minimum Gasteiger partial charge on any atom is -0.496 e. The van der Waals surface area contributed by atoms with E-state index in [9.17, 15) is 9.18 Å². The van der Waals surface area contributed by atoms with Gasteiger partial charge in [-0.15, -0.1) is 0 Å². The van der Waals surface area contributed by atoms with E-state index < -0.39 is 0 Å². The summed E-state index contributed by atoms with van der Waals surface area (Å²) in [4.78, 5) is 27.0. The molecule has 1 N–H and O–H groups in total. The van der Waals surface area contributed by atoms with E-state index in [1.165, 1.54) is 12.1 Å². The molecule has 0 spiro atoms. The van der Waals surface area contributed by atoms with Crippen LogP contribution in [0.5, 0.6) is 5.75 Å². The number of aromatic amines is 1. The Morgan fingerprint density at radius 3 is 2.71 bits per heavy atom. The van der Waals surface area contributed by atoms with Crippen LogP contribution in [0.25, 0.3) is 11.3 Å². The third kappa shape index (κ3) is 4.51. The second kappa shape index (κ2) is 8.23. The van der Waals surface area contributed by atoms with E-state index in [1.54, 1.807) is 19.4 Å². The Kier molecular flexibility index (Phi) is 5.62. The molecule has 0 unspecified atom stereocenters. The molecule has 7 heteroatoms. The van der Waals surface area contributed by atoms with Gasteiger partial charge in [0, 0.05) is 43.2 Å². The smallest absolute Gasteiger partial charge is 0.255 e. The number of nitrogens with zero attached hydrogens (tertiary/aromatic N) is 3. The highest BCUT2D eigenvalue weighted by Crippen LogP contribution is 2.29. The summed E-state index contributed by atoms with van der Waals surface area (Å²) >= 11 is 0. The number of hydrogen-bond acceptors (Lipinski definition) is 5. The summed E-state index contributed by atoms with van der Waals surface area (Å²) in [5.41, 5.74) is 3.70. The summed E-state index contributed by atoms with van der Waals surface area (Å²) in [6, 6.07) is 8.24. The second-order valence-electron chi connectivity index (χ2n) is 8.95. The van der Waals surface area contributed by atoms with Gasteiger partial charge in [-0.3, -0.25) is 14.7 Å². The molecule has 0 fully saturated rings. The fraction of sp³-hybridized carbons (Fsp3) is 0.375. The number of fused-ring (bicyclic) bond motifs is 1. The van der Waals surface area contributed by atoms with Gasteiger partial charge in [-0.1, -0.05) is 26.8 Å². The number of aromatic nitrogens is 3. The number of ether oxygens (including phenoxy) is 1. The van der Waals surface area contributed by atoms with Crippen LogP contribution in [-0.4, -0.2) is 33.5 Å². The van der Waals surface area contributed by atoms with E-state index in [4.69, 9.17) is 9.72 Å². The normalized spacial score (nSPS) is 14.4. The van der Waals surface area contributed by atoms with Crippen molar-refractivity contribution in [2.45, 2.75) is 45.7 Å². The number of benzene rings is 1. The van der Waals surface area contributed by atoms with E-state index in [-0.39, 0.29) is 16.8 Å². The molecule has 1 aliphatic rings. The summed E-state index contributed by atoms with van der Waals surface area (Å²) in [7, 11) is 1.56. The topological polar surface area (TPSA) is 71.1 Å². The van der Waals surface area contributed by atoms with Gasteiger partial charge in [-0.05, 0) is 29.8 Å². The number of rotatable bonds is 4. The largest absolute Gasteiger partial charge is 0.496 e. The Balaban J connectivity index is 1.51. The first-order valence-electron chi connectivity index (χ1n) is 10.4. The van der Waals surface area contributed by atoms with Crippen molar-refractivity contribution < 1.29 is 9.13 Å². The zero-order valence-corrected chi connectivity index (χ0v) is 18.3. The molecule has 1 aromatic carbocycles. The first-order valence-corrected chi connectivity index (χ1v) is 10.4. The summed E-state index contributed by atoms with van der Waals surface area (Å²) in [5, 5.41) is 0. The summed E-state index contributed by atoms with van der Waals surface area (Å²) < 4.78 is 19.0. The molecule has 0 saturated carbocycles. The molecule has 162 valence electrons. The van der Waals surface area contributed by atoms with Gasteiger partial charge in [-0.2, -0.15) is 0 Å². The van der Waals surface area contributed by atoms with Gasteiger partial charge >= 0.3 is 0 Å². The van der Waals surface area contributed by atoms with E-state index in [2.05, 4.69) is 14.9 Å². The predicted octanol–water partition coefficient (Wildman–Crippen LogP) is 3.84. The number of halogens is 1. The summed E-state index contributed by atoms with van der Waals surface area (Å²) in [6.45, 7) is 8.19. The van der Waals surface area contributed by atoms with Gasteiger partial charge in [0.1, 0.15) is 17.4 Å². The average molecular weight is 423 g/mol. The molecule has 3 heterocycles. The van der Waals surface area contributed by atoms with Crippen molar-refractivity contribution in [3.8, 4) is 17.0 Å². The molecule has 4 rings (SSSR count). The van der Waals surface area contributed by atoms with Crippen LogP contribution in [0.2, 0.25) is 0 Å². The van der Waals surface area contributed by atoms with Crippen LogP contribution in [0, 0.1) is 5.82 Å². The highest BCUT2D eigenvalue weighted by atomic mass is 19.1. The van der Waals surface area contributed by atoms with Crippen molar-refractivity contribution >= 4 is 0 Å². The third-order valence-electron chi connectivity index (χ3n) is 5.53. The number of hydrogen-bond donors (Lipinski definition) is 1. The molecule has 0 saturated heterocycles. The molecule has 3 aromatic rings. The van der Waals surface area contributed by atoms with Gasteiger partial charge < -0.3 is 9.72 Å². The van der Waals surface area contributed by atoms with Crippen LogP contribution in [0.3, 0.4) is 0 Å². The molecule has 0 bridgehead atoms. The molecule has 0 radical (unpaired) electrons. The van der Waals surface area contributed by atoms with E-state index >= 15 is 0 Å². The maximum absolute atomic E-state index is 13.7. The summed E-state index contributed by atoms with van der Waals surface area (Å²) in [5.74, 6) is 0.981. The van der Waals surface area contributed by atoms with Crippen molar-refractivity contribution in [1.29, 1.82) is 0 Å². The van der Waals surface area contributed by atoms with Crippen molar-refractivity contribution in [2.75, 3.05) is 13.7 Å². The van der Waals surface area contributed by atoms with Crippen molar-refractivity contribution in [1.82, 2.24) is 19.9 Å². The van der Waals surface area contributed by atoms with Crippen molar-refractivity contribution in [2.24, 2.45) is 0 Å². The third-order valence-corrected chi connectivity index (χ3v) is 5.53. The van der Waals surface area contributed by atoms with Crippen LogP contribution in [-0.2, 0) is 24.9 Å². The van der Waals surface area contributed by atoms with Crippen LogP contribution in [0.15, 0.2) is 41.3 Å². The highest BCUT2D eigenvalue weighted by Gasteiger charge is 2.25. The van der Waals surface area contributed by atoms with Gasteiger partial charge in [0.2, 0.25) is 0 Å². The minimum absolute atomic E-state index is 0.0497. The molecule has 31 heavy (non-hydrogen) atoms. The highest BCUT2D eigenvalue weighted by molar-refractivity contribution is 5.67. The number of nitrogens with one attached hydrogen (secondary N) is 1. The lowest BCUT2D eigenvalue weighted by atomic mass is 9.95. The van der Waals surface area contributed by atoms with Crippen molar-refractivity contribution in [3.05, 3.63) is 75.3 Å². The molecular formula is C24H27FN4O2. The van der Waals surface area contributed by atoms with Gasteiger partial charge in [-0.25, -0.2) is 9.37 Å². The Morgan fingerprint density at radius 1 is 1.23 bits per heavy atom. The van der Waals surface area contributed by atoms with E-state index in [1.807, 2.05) is 32.9 Å². The first-order chi connectivity index (χ1) is 14.7. The lowest BCUT2D eigenvalue weighted by molar-refractivity contribution is 0.240. The standard InChI is InChI=1S/C24H27FN4O2/c1-24(2,3)23-27-20-9-10-29(14-18(20)22(30)28-23)13-15-5-7-19(26-12-15)17-11-16(25)6-8-21(17)31-4/h5-8,11-12H,9-10,13-14H2,1-4H3,(H,27,28,30). The zero-order valence-electron chi connectivity index (χ0n) is 18.3. The lowest BCUT2D eigenvalue weighted by Crippen LogP contribution is -2.37. The van der Waals surface area contributed by atoms with Gasteiger partial charge in [0.25, 0.3) is 5.56 Å². The second-order valence-corrected chi connectivity index (χ2v) is 8.95. The van der Waals surface area contributed by atoms with Gasteiger partial charge in [0.05, 0.1) is 24.1 Å². The van der Waals surface area contributed by atoms with Gasteiger partial charge in [0.15, 0.2) is 0 Å². The number of methoxy groups -OCH3 is 1. The van der Waals surface area contributed by atoms with E-state index in [0.29, 0.717) is 30.1 Å². The Bertz CT molecular complexity index is 1150. The molecule has 0 amide bonds. The summed E-state index contributed by atoms with van der Waals surface area (Å²) in [6.07, 6.45) is 2.54. The molecule has 0 aliphatic carbocycles. The Labute approximate surface area is 181 Å². The quantitative estimate of drug-likeness (QED) is 0.692. The number of pyridine rings is 1. The van der Waals surface area contributed by atoms with Crippen LogP contribution >= 0.6 is 0 Å². The zero-order chi connectivity index (χ0) is 22.2. The van der Waals surface area contributed by atoms with Crippen LogP contribution < -0.4 is 10.3 Å². The van der Waals surface area contributed by atoms with Crippen LogP contribution in [0.4, 0.5) is 4.39 Å². The molecular weight excluding hydrogens is 395 g/mol. The molecule has 2 aromatic heterocycles. The Morgan fingerprint density at radius 2 is 2.03 bits per heavy atom. The Hall–Kier alpha value is -3.06. The maximum atomic E-state index is 13.7. The molecule has 6 nitrogen and oxygen atoms in total. The fourth-order valence-corrected chi connectivity index (χ4v) is 3.79. The molecule has 1 aliphatic heterocycles.